The second-order valence-corrected chi connectivity index (χ2v) is 4.67. The summed E-state index contributed by atoms with van der Waals surface area (Å²) in [5.74, 6) is 0.916. The van der Waals surface area contributed by atoms with Gasteiger partial charge in [-0.05, 0) is 37.9 Å². The van der Waals surface area contributed by atoms with Crippen molar-refractivity contribution < 1.29 is 9.84 Å². The van der Waals surface area contributed by atoms with Gasteiger partial charge in [0.05, 0.1) is 12.7 Å². The van der Waals surface area contributed by atoms with E-state index in [-0.39, 0.29) is 12.1 Å². The summed E-state index contributed by atoms with van der Waals surface area (Å²) in [5.41, 5.74) is 1.14. The van der Waals surface area contributed by atoms with E-state index in [1.165, 1.54) is 6.42 Å². The lowest BCUT2D eigenvalue weighted by Gasteiger charge is -2.18. The first-order valence-electron chi connectivity index (χ1n) is 6.37. The van der Waals surface area contributed by atoms with Crippen molar-refractivity contribution in [1.82, 2.24) is 5.32 Å². The molecule has 3 heteroatoms. The zero-order valence-corrected chi connectivity index (χ0v) is 10.4. The predicted molar refractivity (Wildman–Crippen MR) is 68.3 cm³/mol. The topological polar surface area (TPSA) is 41.5 Å². The Balaban J connectivity index is 1.74. The number of para-hydroxylation sites is 1. The van der Waals surface area contributed by atoms with Crippen LogP contribution in [0, 0.1) is 6.92 Å². The van der Waals surface area contributed by atoms with Gasteiger partial charge in [0, 0.05) is 12.5 Å². The van der Waals surface area contributed by atoms with Crippen molar-refractivity contribution in [3.63, 3.8) is 0 Å². The van der Waals surface area contributed by atoms with E-state index >= 15 is 0 Å². The van der Waals surface area contributed by atoms with Crippen LogP contribution in [0.2, 0.25) is 0 Å². The van der Waals surface area contributed by atoms with E-state index in [1.807, 2.05) is 31.2 Å². The van der Waals surface area contributed by atoms with E-state index in [4.69, 9.17) is 4.74 Å². The van der Waals surface area contributed by atoms with Gasteiger partial charge in [-0.25, -0.2) is 0 Å². The Morgan fingerprint density at radius 3 is 3.00 bits per heavy atom. The van der Waals surface area contributed by atoms with E-state index in [9.17, 15) is 5.11 Å². The predicted octanol–water partition coefficient (Wildman–Crippen LogP) is 1.88. The molecule has 1 aliphatic rings. The average molecular weight is 235 g/mol. The largest absolute Gasteiger partial charge is 0.493 e. The van der Waals surface area contributed by atoms with Crippen LogP contribution >= 0.6 is 0 Å². The number of aliphatic hydroxyl groups excluding tert-OH is 1. The first-order chi connectivity index (χ1) is 8.27. The number of rotatable bonds is 5. The maximum Gasteiger partial charge on any atom is 0.122 e. The second kappa shape index (κ2) is 6.03. The number of aryl methyl sites for hydroxylation is 1. The van der Waals surface area contributed by atoms with Gasteiger partial charge in [0.25, 0.3) is 0 Å². The van der Waals surface area contributed by atoms with Crippen LogP contribution in [-0.4, -0.2) is 30.4 Å². The molecule has 0 aromatic heterocycles. The summed E-state index contributed by atoms with van der Waals surface area (Å²) in [6.07, 6.45) is 2.64. The SMILES string of the molecule is Cc1ccccc1OCCC(O)C1CCCN1. The molecular weight excluding hydrogens is 214 g/mol. The van der Waals surface area contributed by atoms with Crippen LogP contribution in [0.1, 0.15) is 24.8 Å². The van der Waals surface area contributed by atoms with Crippen molar-refractivity contribution in [2.75, 3.05) is 13.2 Å². The number of hydrogen-bond acceptors (Lipinski definition) is 3. The van der Waals surface area contributed by atoms with E-state index in [1.54, 1.807) is 0 Å². The molecule has 1 aliphatic heterocycles. The third-order valence-corrected chi connectivity index (χ3v) is 3.33. The fourth-order valence-corrected chi connectivity index (χ4v) is 2.25. The van der Waals surface area contributed by atoms with Crippen molar-refractivity contribution in [3.8, 4) is 5.75 Å². The fourth-order valence-electron chi connectivity index (χ4n) is 2.25. The highest BCUT2D eigenvalue weighted by Crippen LogP contribution is 2.17. The van der Waals surface area contributed by atoms with Crippen molar-refractivity contribution in [2.24, 2.45) is 0 Å². The minimum atomic E-state index is -0.290. The number of hydrogen-bond donors (Lipinski definition) is 2. The van der Waals surface area contributed by atoms with E-state index in [2.05, 4.69) is 5.32 Å². The smallest absolute Gasteiger partial charge is 0.122 e. The van der Waals surface area contributed by atoms with Crippen LogP contribution in [0.4, 0.5) is 0 Å². The molecule has 0 amide bonds. The molecule has 3 nitrogen and oxygen atoms in total. The molecule has 0 spiro atoms. The Hall–Kier alpha value is -1.06. The molecule has 94 valence electrons. The molecule has 1 heterocycles. The molecule has 1 aromatic carbocycles. The van der Waals surface area contributed by atoms with Gasteiger partial charge < -0.3 is 15.2 Å². The first kappa shape index (κ1) is 12.4. The van der Waals surface area contributed by atoms with Crippen LogP contribution < -0.4 is 10.1 Å². The third kappa shape index (κ3) is 3.45. The van der Waals surface area contributed by atoms with E-state index in [0.717, 1.165) is 24.3 Å². The summed E-state index contributed by atoms with van der Waals surface area (Å²) in [6.45, 7) is 3.63. The van der Waals surface area contributed by atoms with Gasteiger partial charge in [-0.3, -0.25) is 0 Å². The summed E-state index contributed by atoms with van der Waals surface area (Å²) in [7, 11) is 0. The van der Waals surface area contributed by atoms with Gasteiger partial charge in [-0.2, -0.15) is 0 Å². The summed E-state index contributed by atoms with van der Waals surface area (Å²) < 4.78 is 5.68. The van der Waals surface area contributed by atoms with Crippen molar-refractivity contribution >= 4 is 0 Å². The summed E-state index contributed by atoms with van der Waals surface area (Å²) in [5, 5.41) is 13.3. The molecule has 1 fully saturated rings. The first-order valence-corrected chi connectivity index (χ1v) is 6.37. The van der Waals surface area contributed by atoms with E-state index < -0.39 is 0 Å². The van der Waals surface area contributed by atoms with Gasteiger partial charge in [-0.15, -0.1) is 0 Å². The fraction of sp³-hybridized carbons (Fsp3) is 0.571. The molecule has 2 atom stereocenters. The van der Waals surface area contributed by atoms with Crippen molar-refractivity contribution in [1.29, 1.82) is 0 Å². The van der Waals surface area contributed by atoms with Gasteiger partial charge in [0.15, 0.2) is 0 Å². The Bertz CT molecular complexity index is 348. The monoisotopic (exact) mass is 235 g/mol. The summed E-state index contributed by atoms with van der Waals surface area (Å²) in [6, 6.07) is 8.23. The molecule has 2 rings (SSSR count). The normalized spacial score (nSPS) is 21.4. The average Bonchev–Trinajstić information content (AvgIpc) is 2.85. The minimum absolute atomic E-state index is 0.260. The molecule has 0 bridgehead atoms. The van der Waals surface area contributed by atoms with Gasteiger partial charge in [0.2, 0.25) is 0 Å². The summed E-state index contributed by atoms with van der Waals surface area (Å²) >= 11 is 0. The second-order valence-electron chi connectivity index (χ2n) is 4.67. The molecule has 0 radical (unpaired) electrons. The zero-order valence-electron chi connectivity index (χ0n) is 10.4. The number of nitrogens with one attached hydrogen (secondary N) is 1. The molecule has 1 saturated heterocycles. The molecule has 2 N–H and O–H groups in total. The zero-order chi connectivity index (χ0) is 12.1. The molecule has 17 heavy (non-hydrogen) atoms. The molecule has 1 aromatic rings. The van der Waals surface area contributed by atoms with Crippen molar-refractivity contribution in [3.05, 3.63) is 29.8 Å². The number of aliphatic hydroxyl groups is 1. The maximum absolute atomic E-state index is 9.95. The Kier molecular flexibility index (Phi) is 4.40. The highest BCUT2D eigenvalue weighted by atomic mass is 16.5. The lowest BCUT2D eigenvalue weighted by molar-refractivity contribution is 0.107. The molecular formula is C14H21NO2. The van der Waals surface area contributed by atoms with Gasteiger partial charge in [0.1, 0.15) is 5.75 Å². The lowest BCUT2D eigenvalue weighted by atomic mass is 10.1. The van der Waals surface area contributed by atoms with Crippen LogP contribution in [0.5, 0.6) is 5.75 Å². The van der Waals surface area contributed by atoms with Crippen LogP contribution in [-0.2, 0) is 0 Å². The van der Waals surface area contributed by atoms with Crippen LogP contribution in [0.3, 0.4) is 0 Å². The number of ether oxygens (including phenoxy) is 1. The maximum atomic E-state index is 9.95. The quantitative estimate of drug-likeness (QED) is 0.818. The minimum Gasteiger partial charge on any atom is -0.493 e. The van der Waals surface area contributed by atoms with Gasteiger partial charge >= 0.3 is 0 Å². The Labute approximate surface area is 103 Å². The Morgan fingerprint density at radius 2 is 2.29 bits per heavy atom. The molecule has 0 aliphatic carbocycles. The third-order valence-electron chi connectivity index (χ3n) is 3.33. The van der Waals surface area contributed by atoms with Crippen LogP contribution in [0.15, 0.2) is 24.3 Å². The van der Waals surface area contributed by atoms with Gasteiger partial charge in [-0.1, -0.05) is 18.2 Å². The molecule has 2 unspecified atom stereocenters. The lowest BCUT2D eigenvalue weighted by Crippen LogP contribution is -2.35. The van der Waals surface area contributed by atoms with E-state index in [0.29, 0.717) is 13.0 Å². The van der Waals surface area contributed by atoms with Crippen LogP contribution in [0.25, 0.3) is 0 Å². The Morgan fingerprint density at radius 1 is 1.47 bits per heavy atom. The van der Waals surface area contributed by atoms with Crippen molar-refractivity contribution in [2.45, 2.75) is 38.3 Å². The standard InChI is InChI=1S/C14H21NO2/c1-11-5-2-3-7-14(11)17-10-8-13(16)12-6-4-9-15-12/h2-3,5,7,12-13,15-16H,4,6,8-10H2,1H3. The number of benzene rings is 1. The molecule has 0 saturated carbocycles. The highest BCUT2D eigenvalue weighted by molar-refractivity contribution is 5.31. The highest BCUT2D eigenvalue weighted by Gasteiger charge is 2.22. The summed E-state index contributed by atoms with van der Waals surface area (Å²) in [4.78, 5) is 0.